The minimum atomic E-state index is -5.72. The van der Waals surface area contributed by atoms with Gasteiger partial charge in [-0.15, -0.1) is 0 Å². The van der Waals surface area contributed by atoms with Gasteiger partial charge in [-0.25, -0.2) is 4.79 Å². The summed E-state index contributed by atoms with van der Waals surface area (Å²) in [5.74, 6) is -1.26. The normalized spacial score (nSPS) is 11.8. The van der Waals surface area contributed by atoms with E-state index in [9.17, 15) is 26.4 Å². The van der Waals surface area contributed by atoms with Gasteiger partial charge in [0.2, 0.25) is 0 Å². The molecular weight excluding hydrogens is 301 g/mol. The predicted octanol–water partition coefficient (Wildman–Crippen LogP) is 2.10. The first-order valence-electron chi connectivity index (χ1n) is 4.97. The van der Waals surface area contributed by atoms with Crippen LogP contribution in [0.2, 0.25) is 0 Å². The van der Waals surface area contributed by atoms with E-state index in [0.717, 1.165) is 19.2 Å². The van der Waals surface area contributed by atoms with Crippen molar-refractivity contribution in [3.63, 3.8) is 0 Å². The molecule has 20 heavy (non-hydrogen) atoms. The lowest BCUT2D eigenvalue weighted by atomic mass is 10.1. The molecule has 0 aliphatic rings. The smallest absolute Gasteiger partial charge is 0.465 e. The monoisotopic (exact) mass is 310 g/mol. The molecule has 0 heterocycles. The van der Waals surface area contributed by atoms with Gasteiger partial charge in [0.25, 0.3) is 0 Å². The predicted molar refractivity (Wildman–Crippen MR) is 63.1 cm³/mol. The molecule has 0 amide bonds. The van der Waals surface area contributed by atoms with Crippen molar-refractivity contribution in [3.8, 4) is 5.75 Å². The third kappa shape index (κ3) is 3.50. The lowest BCUT2D eigenvalue weighted by molar-refractivity contribution is -0.133. The maximum absolute atomic E-state index is 12.1. The molecular formula is C11H9F3O5S. The maximum Gasteiger partial charge on any atom is 0.534 e. The Labute approximate surface area is 112 Å². The summed E-state index contributed by atoms with van der Waals surface area (Å²) in [6.45, 7) is 3.43. The number of methoxy groups -OCH3 is 1. The third-order valence-corrected chi connectivity index (χ3v) is 3.10. The summed E-state index contributed by atoms with van der Waals surface area (Å²) < 4.78 is 66.1. The molecule has 5 nitrogen and oxygen atoms in total. The number of carbonyl (C=O) groups is 1. The summed E-state index contributed by atoms with van der Waals surface area (Å²) in [6.07, 6.45) is 0. The Bertz CT molecular complexity index is 616. The van der Waals surface area contributed by atoms with Crippen LogP contribution in [0.25, 0.3) is 5.57 Å². The number of hydrogen-bond donors (Lipinski definition) is 0. The van der Waals surface area contributed by atoms with Crippen LogP contribution < -0.4 is 4.18 Å². The molecule has 0 aromatic heterocycles. The van der Waals surface area contributed by atoms with Crippen molar-refractivity contribution in [2.75, 3.05) is 7.11 Å². The van der Waals surface area contributed by atoms with Gasteiger partial charge < -0.3 is 8.92 Å². The highest BCUT2D eigenvalue weighted by Crippen LogP contribution is 2.27. The van der Waals surface area contributed by atoms with Crippen LogP contribution in [0.5, 0.6) is 5.75 Å². The van der Waals surface area contributed by atoms with Gasteiger partial charge in [-0.3, -0.25) is 0 Å². The molecule has 0 saturated heterocycles. The minimum absolute atomic E-state index is 0.0299. The molecule has 1 aromatic rings. The molecule has 0 bridgehead atoms. The second-order valence-electron chi connectivity index (χ2n) is 3.48. The number of esters is 1. The molecule has 0 aliphatic heterocycles. The van der Waals surface area contributed by atoms with E-state index >= 15 is 0 Å². The van der Waals surface area contributed by atoms with E-state index in [4.69, 9.17) is 0 Å². The van der Waals surface area contributed by atoms with Gasteiger partial charge in [-0.2, -0.15) is 21.6 Å². The number of carbonyl (C=O) groups excluding carboxylic acids is 1. The second kappa shape index (κ2) is 5.53. The van der Waals surface area contributed by atoms with Crippen LogP contribution in [0.1, 0.15) is 5.56 Å². The minimum Gasteiger partial charge on any atom is -0.465 e. The van der Waals surface area contributed by atoms with Gasteiger partial charge in [0, 0.05) is 0 Å². The van der Waals surface area contributed by atoms with Crippen molar-refractivity contribution in [1.82, 2.24) is 0 Å². The van der Waals surface area contributed by atoms with Crippen molar-refractivity contribution < 1.29 is 35.3 Å². The summed E-state index contributed by atoms with van der Waals surface area (Å²) in [4.78, 5) is 11.2. The van der Waals surface area contributed by atoms with Gasteiger partial charge in [0.1, 0.15) is 5.75 Å². The highest BCUT2D eigenvalue weighted by Gasteiger charge is 2.48. The van der Waals surface area contributed by atoms with Gasteiger partial charge in [0.05, 0.1) is 12.7 Å². The van der Waals surface area contributed by atoms with Crippen LogP contribution in [0.3, 0.4) is 0 Å². The first-order valence-corrected chi connectivity index (χ1v) is 6.37. The SMILES string of the molecule is C=C(C(=O)OC)c1ccc(OS(=O)(=O)C(F)(F)F)cc1. The van der Waals surface area contributed by atoms with Gasteiger partial charge >= 0.3 is 21.6 Å². The van der Waals surface area contributed by atoms with Crippen LogP contribution in [0, 0.1) is 0 Å². The second-order valence-corrected chi connectivity index (χ2v) is 5.02. The molecule has 110 valence electrons. The summed E-state index contributed by atoms with van der Waals surface area (Å²) in [7, 11) is -4.58. The Morgan fingerprint density at radius 1 is 1.20 bits per heavy atom. The third-order valence-electron chi connectivity index (χ3n) is 2.12. The van der Waals surface area contributed by atoms with Crippen LogP contribution in [-0.2, 0) is 19.6 Å². The van der Waals surface area contributed by atoms with Crippen molar-refractivity contribution >= 4 is 21.7 Å². The zero-order chi connectivity index (χ0) is 15.6. The summed E-state index contributed by atoms with van der Waals surface area (Å²) in [5, 5.41) is 0. The Hall–Kier alpha value is -2.03. The Morgan fingerprint density at radius 3 is 2.10 bits per heavy atom. The van der Waals surface area contributed by atoms with Gasteiger partial charge in [0.15, 0.2) is 0 Å². The van der Waals surface area contributed by atoms with E-state index in [0.29, 0.717) is 0 Å². The highest BCUT2D eigenvalue weighted by atomic mass is 32.2. The van der Waals surface area contributed by atoms with Crippen LogP contribution in [-0.4, -0.2) is 27.0 Å². The molecule has 0 radical (unpaired) electrons. The van der Waals surface area contributed by atoms with Gasteiger partial charge in [-0.1, -0.05) is 18.7 Å². The fourth-order valence-corrected chi connectivity index (χ4v) is 1.59. The van der Waals surface area contributed by atoms with E-state index < -0.39 is 27.3 Å². The lowest BCUT2D eigenvalue weighted by Crippen LogP contribution is -2.28. The standard InChI is InChI=1S/C11H9F3O5S/c1-7(10(15)18-2)8-3-5-9(6-4-8)19-20(16,17)11(12,13)14/h3-6H,1H2,2H3. The lowest BCUT2D eigenvalue weighted by Gasteiger charge is -2.10. The van der Waals surface area contributed by atoms with Crippen molar-refractivity contribution in [2.45, 2.75) is 5.51 Å². The molecule has 9 heteroatoms. The molecule has 1 rings (SSSR count). The van der Waals surface area contributed by atoms with E-state index in [1.54, 1.807) is 0 Å². The Morgan fingerprint density at radius 2 is 1.70 bits per heavy atom. The molecule has 1 aromatic carbocycles. The van der Waals surface area contributed by atoms with E-state index in [1.165, 1.54) is 12.1 Å². The number of rotatable bonds is 4. The van der Waals surface area contributed by atoms with Gasteiger partial charge in [-0.05, 0) is 17.7 Å². The number of halogens is 3. The van der Waals surface area contributed by atoms with Crippen molar-refractivity contribution in [2.24, 2.45) is 0 Å². The van der Waals surface area contributed by atoms with Crippen molar-refractivity contribution in [1.29, 1.82) is 0 Å². The van der Waals surface area contributed by atoms with Crippen LogP contribution >= 0.6 is 0 Å². The summed E-state index contributed by atoms with van der Waals surface area (Å²) >= 11 is 0. The number of hydrogen-bond acceptors (Lipinski definition) is 5. The van der Waals surface area contributed by atoms with E-state index in [2.05, 4.69) is 15.5 Å². The molecule has 0 fully saturated rings. The topological polar surface area (TPSA) is 69.7 Å². The summed E-state index contributed by atoms with van der Waals surface area (Å²) in [6, 6.07) is 4.29. The Balaban J connectivity index is 2.94. The summed E-state index contributed by atoms with van der Waals surface area (Å²) in [5.41, 5.74) is -5.28. The number of ether oxygens (including phenoxy) is 1. The van der Waals surface area contributed by atoms with E-state index in [1.807, 2.05) is 0 Å². The zero-order valence-electron chi connectivity index (χ0n) is 10.1. The number of benzene rings is 1. The first kappa shape index (κ1) is 16.0. The number of alkyl halides is 3. The van der Waals surface area contributed by atoms with Crippen LogP contribution in [0.4, 0.5) is 13.2 Å². The van der Waals surface area contributed by atoms with Crippen LogP contribution in [0.15, 0.2) is 30.8 Å². The highest BCUT2D eigenvalue weighted by molar-refractivity contribution is 7.87. The Kier molecular flexibility index (Phi) is 4.43. The maximum atomic E-state index is 12.1. The van der Waals surface area contributed by atoms with Crippen molar-refractivity contribution in [3.05, 3.63) is 36.4 Å². The molecule has 0 saturated carbocycles. The molecule has 0 aliphatic carbocycles. The molecule has 0 N–H and O–H groups in total. The largest absolute Gasteiger partial charge is 0.534 e. The zero-order valence-corrected chi connectivity index (χ0v) is 10.9. The fourth-order valence-electron chi connectivity index (χ4n) is 1.13. The molecule has 0 spiro atoms. The fraction of sp³-hybridized carbons (Fsp3) is 0.182. The van der Waals surface area contributed by atoms with E-state index in [-0.39, 0.29) is 11.1 Å². The first-order chi connectivity index (χ1) is 9.08. The molecule has 0 atom stereocenters. The quantitative estimate of drug-likeness (QED) is 0.369. The molecule has 0 unspecified atom stereocenters. The average molecular weight is 310 g/mol. The average Bonchev–Trinajstić information content (AvgIpc) is 2.36.